The van der Waals surface area contributed by atoms with Crippen molar-refractivity contribution in [3.8, 4) is 0 Å². The Morgan fingerprint density at radius 1 is 1.37 bits per heavy atom. The number of hydrogen-bond donors (Lipinski definition) is 0. The number of amides is 1. The van der Waals surface area contributed by atoms with Gasteiger partial charge in [0.05, 0.1) is 0 Å². The van der Waals surface area contributed by atoms with Crippen LogP contribution in [0.2, 0.25) is 0 Å². The molecule has 0 aromatic heterocycles. The van der Waals surface area contributed by atoms with E-state index in [1.165, 1.54) is 24.8 Å². The summed E-state index contributed by atoms with van der Waals surface area (Å²) in [4.78, 5) is 11.6. The third-order valence-electron chi connectivity index (χ3n) is 4.29. The summed E-state index contributed by atoms with van der Waals surface area (Å²) < 4.78 is 0. The molecule has 0 spiro atoms. The maximum Gasteiger partial charge on any atom is 0.209 e. The first-order valence-electron chi connectivity index (χ1n) is 7.62. The molecule has 1 rings (SSSR count). The van der Waals surface area contributed by atoms with E-state index in [-0.39, 0.29) is 0 Å². The fourth-order valence-electron chi connectivity index (χ4n) is 3.05. The maximum atomic E-state index is 9.89. The highest BCUT2D eigenvalue weighted by molar-refractivity contribution is 5.46. The van der Waals surface area contributed by atoms with Crippen molar-refractivity contribution in [2.75, 3.05) is 13.1 Å². The first kappa shape index (κ1) is 18.2. The third-order valence-corrected chi connectivity index (χ3v) is 4.29. The smallest absolute Gasteiger partial charge is 0.209 e. The molecule has 1 aliphatic rings. The SMILES string of the molecule is C=C(C)C1CCC(C)(C)CC1C.CCN(C=O)CC. The molecular weight excluding hydrogens is 234 g/mol. The molecule has 0 N–H and O–H groups in total. The lowest BCUT2D eigenvalue weighted by Crippen LogP contribution is -2.28. The monoisotopic (exact) mass is 267 g/mol. The average Bonchev–Trinajstić information content (AvgIpc) is 2.30. The van der Waals surface area contributed by atoms with Crippen LogP contribution in [0.5, 0.6) is 0 Å². The van der Waals surface area contributed by atoms with Crippen LogP contribution in [-0.4, -0.2) is 24.4 Å². The molecule has 1 amide bonds. The minimum Gasteiger partial charge on any atom is -0.346 e. The molecule has 19 heavy (non-hydrogen) atoms. The van der Waals surface area contributed by atoms with Crippen LogP contribution in [-0.2, 0) is 4.79 Å². The molecular formula is C17H33NO. The molecule has 0 radical (unpaired) electrons. The van der Waals surface area contributed by atoms with E-state index in [0.717, 1.165) is 31.3 Å². The van der Waals surface area contributed by atoms with Crippen molar-refractivity contribution in [3.63, 3.8) is 0 Å². The van der Waals surface area contributed by atoms with Gasteiger partial charge in [-0.1, -0.05) is 32.9 Å². The van der Waals surface area contributed by atoms with Crippen molar-refractivity contribution in [3.05, 3.63) is 12.2 Å². The summed E-state index contributed by atoms with van der Waals surface area (Å²) >= 11 is 0. The van der Waals surface area contributed by atoms with Crippen molar-refractivity contribution in [2.24, 2.45) is 17.3 Å². The lowest BCUT2D eigenvalue weighted by molar-refractivity contribution is -0.117. The maximum absolute atomic E-state index is 9.89. The fraction of sp³-hybridized carbons (Fsp3) is 0.824. The number of carbonyl (C=O) groups excluding carboxylic acids is 1. The average molecular weight is 267 g/mol. The molecule has 0 aromatic rings. The van der Waals surface area contributed by atoms with Crippen LogP contribution in [0.25, 0.3) is 0 Å². The number of allylic oxidation sites excluding steroid dienone is 1. The van der Waals surface area contributed by atoms with Gasteiger partial charge in [0, 0.05) is 13.1 Å². The van der Waals surface area contributed by atoms with Gasteiger partial charge in [-0.25, -0.2) is 0 Å². The van der Waals surface area contributed by atoms with E-state index < -0.39 is 0 Å². The Kier molecular flexibility index (Phi) is 8.05. The van der Waals surface area contributed by atoms with E-state index in [1.807, 2.05) is 13.8 Å². The Balaban J connectivity index is 0.000000399. The molecule has 0 saturated heterocycles. The molecule has 1 aliphatic carbocycles. The molecule has 0 aliphatic heterocycles. The molecule has 1 saturated carbocycles. The van der Waals surface area contributed by atoms with Crippen LogP contribution >= 0.6 is 0 Å². The van der Waals surface area contributed by atoms with Crippen LogP contribution in [0.4, 0.5) is 0 Å². The van der Waals surface area contributed by atoms with Gasteiger partial charge in [0.25, 0.3) is 0 Å². The van der Waals surface area contributed by atoms with Crippen LogP contribution in [0, 0.1) is 17.3 Å². The molecule has 2 heteroatoms. The van der Waals surface area contributed by atoms with E-state index in [9.17, 15) is 4.79 Å². The van der Waals surface area contributed by atoms with E-state index in [1.54, 1.807) is 4.90 Å². The Bertz CT molecular complexity index is 279. The zero-order valence-electron chi connectivity index (χ0n) is 13.8. The van der Waals surface area contributed by atoms with Crippen molar-refractivity contribution < 1.29 is 4.79 Å². The van der Waals surface area contributed by atoms with Crippen molar-refractivity contribution in [2.45, 2.75) is 60.8 Å². The largest absolute Gasteiger partial charge is 0.346 e. The quantitative estimate of drug-likeness (QED) is 0.542. The molecule has 1 fully saturated rings. The summed E-state index contributed by atoms with van der Waals surface area (Å²) in [5, 5.41) is 0. The zero-order valence-corrected chi connectivity index (χ0v) is 13.8. The molecule has 0 bridgehead atoms. The summed E-state index contributed by atoms with van der Waals surface area (Å²) in [6, 6.07) is 0. The van der Waals surface area contributed by atoms with Gasteiger partial charge in [-0.05, 0) is 57.3 Å². The Morgan fingerprint density at radius 3 is 2.16 bits per heavy atom. The standard InChI is InChI=1S/C12H22.C5H11NO/c1-9(2)11-6-7-12(4,5)8-10(11)3;1-3-6(4-2)5-7/h10-11H,1,6-8H2,2-5H3;5H,3-4H2,1-2H3. The van der Waals surface area contributed by atoms with Crippen LogP contribution in [0.15, 0.2) is 12.2 Å². The first-order valence-corrected chi connectivity index (χ1v) is 7.62. The number of carbonyl (C=O) groups is 1. The Hall–Kier alpha value is -0.790. The number of hydrogen-bond acceptors (Lipinski definition) is 1. The summed E-state index contributed by atoms with van der Waals surface area (Å²) in [6.07, 6.45) is 4.95. The van der Waals surface area contributed by atoms with Gasteiger partial charge in [0.1, 0.15) is 0 Å². The van der Waals surface area contributed by atoms with Gasteiger partial charge in [-0.15, -0.1) is 0 Å². The van der Waals surface area contributed by atoms with Gasteiger partial charge >= 0.3 is 0 Å². The summed E-state index contributed by atoms with van der Waals surface area (Å²) in [7, 11) is 0. The number of rotatable bonds is 4. The minimum absolute atomic E-state index is 0.575. The van der Waals surface area contributed by atoms with Crippen LogP contribution in [0.3, 0.4) is 0 Å². The highest BCUT2D eigenvalue weighted by Crippen LogP contribution is 2.43. The van der Waals surface area contributed by atoms with Crippen molar-refractivity contribution >= 4 is 6.41 Å². The second-order valence-electron chi connectivity index (χ2n) is 6.66. The normalized spacial score (nSPS) is 24.9. The number of nitrogens with zero attached hydrogens (tertiary/aromatic N) is 1. The van der Waals surface area contributed by atoms with Gasteiger partial charge in [-0.2, -0.15) is 0 Å². The lowest BCUT2D eigenvalue weighted by Gasteiger charge is -2.39. The summed E-state index contributed by atoms with van der Waals surface area (Å²) in [5.74, 6) is 1.63. The van der Waals surface area contributed by atoms with E-state index >= 15 is 0 Å². The third kappa shape index (κ3) is 6.79. The van der Waals surface area contributed by atoms with Crippen molar-refractivity contribution in [1.82, 2.24) is 4.90 Å². The highest BCUT2D eigenvalue weighted by Gasteiger charge is 2.32. The molecule has 112 valence electrons. The topological polar surface area (TPSA) is 20.3 Å². The zero-order chi connectivity index (χ0) is 15.1. The Labute approximate surface area is 120 Å². The van der Waals surface area contributed by atoms with E-state index in [0.29, 0.717) is 5.41 Å². The lowest BCUT2D eigenvalue weighted by atomic mass is 9.66. The molecule has 0 heterocycles. The highest BCUT2D eigenvalue weighted by atomic mass is 16.1. The second-order valence-corrected chi connectivity index (χ2v) is 6.66. The fourth-order valence-corrected chi connectivity index (χ4v) is 3.05. The van der Waals surface area contributed by atoms with Gasteiger partial charge in [0.15, 0.2) is 0 Å². The summed E-state index contributed by atoms with van der Waals surface area (Å²) in [5.41, 5.74) is 1.96. The Morgan fingerprint density at radius 2 is 1.89 bits per heavy atom. The molecule has 2 atom stereocenters. The summed E-state index contributed by atoms with van der Waals surface area (Å²) in [6.45, 7) is 19.0. The molecule has 0 aromatic carbocycles. The van der Waals surface area contributed by atoms with E-state index in [2.05, 4.69) is 34.3 Å². The molecule has 2 unspecified atom stereocenters. The predicted octanol–water partition coefficient (Wildman–Crippen LogP) is 4.51. The van der Waals surface area contributed by atoms with Gasteiger partial charge in [-0.3, -0.25) is 4.79 Å². The van der Waals surface area contributed by atoms with Gasteiger partial charge < -0.3 is 4.90 Å². The van der Waals surface area contributed by atoms with Crippen molar-refractivity contribution in [1.29, 1.82) is 0 Å². The van der Waals surface area contributed by atoms with E-state index in [4.69, 9.17) is 0 Å². The van der Waals surface area contributed by atoms with Crippen LogP contribution < -0.4 is 0 Å². The second kappa shape index (κ2) is 8.39. The predicted molar refractivity (Wildman–Crippen MR) is 84.1 cm³/mol. The van der Waals surface area contributed by atoms with Gasteiger partial charge in [0.2, 0.25) is 6.41 Å². The molecule has 2 nitrogen and oxygen atoms in total. The van der Waals surface area contributed by atoms with Crippen LogP contribution in [0.1, 0.15) is 60.8 Å². The first-order chi connectivity index (χ1) is 8.77. The minimum atomic E-state index is 0.575.